The number of carbonyl (C=O) groups is 1. The van der Waals surface area contributed by atoms with Crippen LogP contribution in [0.25, 0.3) is 0 Å². The van der Waals surface area contributed by atoms with Gasteiger partial charge in [0.15, 0.2) is 9.84 Å². The number of nitrogens with two attached hydrogens (primary N) is 1. The molecular formula is C22H20F2IN3O4S. The SMILES string of the molecule is CCS(=O)(=O)CNc1ccc(Oc2cc(F)cc(Nc3ccc(I)cc3F)c2C(N)=O)cc1. The van der Waals surface area contributed by atoms with E-state index < -0.39 is 27.4 Å². The molecule has 0 aliphatic rings. The molecule has 0 bridgehead atoms. The van der Waals surface area contributed by atoms with E-state index >= 15 is 0 Å². The summed E-state index contributed by atoms with van der Waals surface area (Å²) >= 11 is 1.95. The van der Waals surface area contributed by atoms with Gasteiger partial charge in [-0.25, -0.2) is 17.2 Å². The molecule has 0 fully saturated rings. The molecule has 0 aliphatic carbocycles. The molecule has 0 saturated heterocycles. The van der Waals surface area contributed by atoms with Crippen molar-refractivity contribution >= 4 is 55.4 Å². The lowest BCUT2D eigenvalue weighted by Gasteiger charge is -2.16. The van der Waals surface area contributed by atoms with E-state index in [9.17, 15) is 22.0 Å². The summed E-state index contributed by atoms with van der Waals surface area (Å²) in [4.78, 5) is 12.2. The molecule has 0 aromatic heterocycles. The minimum Gasteiger partial charge on any atom is -0.456 e. The summed E-state index contributed by atoms with van der Waals surface area (Å²) in [6.07, 6.45) is 0. The summed E-state index contributed by atoms with van der Waals surface area (Å²) in [6, 6.07) is 12.6. The van der Waals surface area contributed by atoms with Crippen LogP contribution in [0.1, 0.15) is 17.3 Å². The third-order valence-corrected chi connectivity index (χ3v) is 6.67. The normalized spacial score (nSPS) is 11.2. The van der Waals surface area contributed by atoms with Crippen molar-refractivity contribution in [1.29, 1.82) is 0 Å². The van der Waals surface area contributed by atoms with Gasteiger partial charge in [0.1, 0.15) is 34.6 Å². The molecule has 33 heavy (non-hydrogen) atoms. The summed E-state index contributed by atoms with van der Waals surface area (Å²) in [7, 11) is -3.20. The van der Waals surface area contributed by atoms with Crippen LogP contribution in [0.15, 0.2) is 54.6 Å². The number of hydrogen-bond acceptors (Lipinski definition) is 6. The maximum absolute atomic E-state index is 14.3. The van der Waals surface area contributed by atoms with Crippen LogP contribution in [0.4, 0.5) is 25.8 Å². The minimum atomic E-state index is -3.20. The monoisotopic (exact) mass is 587 g/mol. The third kappa shape index (κ3) is 6.54. The van der Waals surface area contributed by atoms with E-state index in [0.29, 0.717) is 9.26 Å². The number of ether oxygens (including phenoxy) is 1. The molecule has 11 heteroatoms. The average Bonchev–Trinajstić information content (AvgIpc) is 2.75. The van der Waals surface area contributed by atoms with Gasteiger partial charge in [-0.2, -0.15) is 0 Å². The number of nitrogens with one attached hydrogen (secondary N) is 2. The first-order valence-corrected chi connectivity index (χ1v) is 12.6. The molecular weight excluding hydrogens is 567 g/mol. The Morgan fingerprint density at radius 2 is 1.76 bits per heavy atom. The number of primary amides is 1. The van der Waals surface area contributed by atoms with Crippen molar-refractivity contribution in [2.24, 2.45) is 5.73 Å². The second kappa shape index (κ2) is 10.3. The highest BCUT2D eigenvalue weighted by atomic mass is 127. The molecule has 0 unspecified atom stereocenters. The van der Waals surface area contributed by atoms with E-state index in [0.717, 1.165) is 12.1 Å². The van der Waals surface area contributed by atoms with Crippen molar-refractivity contribution in [1.82, 2.24) is 0 Å². The second-order valence-corrected chi connectivity index (χ2v) is 10.5. The fourth-order valence-corrected chi connectivity index (χ4v) is 3.86. The highest BCUT2D eigenvalue weighted by Crippen LogP contribution is 2.34. The predicted molar refractivity (Wildman–Crippen MR) is 132 cm³/mol. The van der Waals surface area contributed by atoms with Crippen LogP contribution >= 0.6 is 22.6 Å². The number of hydrogen-bond donors (Lipinski definition) is 3. The van der Waals surface area contributed by atoms with Crippen LogP contribution < -0.4 is 21.1 Å². The van der Waals surface area contributed by atoms with Crippen molar-refractivity contribution in [2.75, 3.05) is 22.3 Å². The van der Waals surface area contributed by atoms with Gasteiger partial charge >= 0.3 is 0 Å². The standard InChI is InChI=1S/C22H20F2IN3O4S/c1-2-33(30,31)12-27-15-4-6-16(7-5-15)32-20-10-13(23)9-19(21(20)22(26)29)28-18-8-3-14(25)11-17(18)24/h3-11,27-28H,2,12H2,1H3,(H2,26,29). The van der Waals surface area contributed by atoms with E-state index in [2.05, 4.69) is 10.6 Å². The van der Waals surface area contributed by atoms with Crippen molar-refractivity contribution in [3.8, 4) is 11.5 Å². The molecule has 0 saturated carbocycles. The average molecular weight is 587 g/mol. The molecule has 4 N–H and O–H groups in total. The topological polar surface area (TPSA) is 111 Å². The highest BCUT2D eigenvalue weighted by molar-refractivity contribution is 14.1. The summed E-state index contributed by atoms with van der Waals surface area (Å²) in [6.45, 7) is 1.55. The summed E-state index contributed by atoms with van der Waals surface area (Å²) < 4.78 is 58.2. The van der Waals surface area contributed by atoms with Gasteiger partial charge in [-0.1, -0.05) is 6.92 Å². The molecule has 174 valence electrons. The van der Waals surface area contributed by atoms with Gasteiger partial charge < -0.3 is 21.1 Å². The van der Waals surface area contributed by atoms with E-state index in [1.807, 2.05) is 22.6 Å². The Morgan fingerprint density at radius 1 is 1.06 bits per heavy atom. The number of rotatable bonds is 9. The zero-order chi connectivity index (χ0) is 24.2. The third-order valence-electron chi connectivity index (χ3n) is 4.53. The lowest BCUT2D eigenvalue weighted by atomic mass is 10.1. The van der Waals surface area contributed by atoms with Gasteiger partial charge in [0, 0.05) is 21.1 Å². The Hall–Kier alpha value is -2.93. The van der Waals surface area contributed by atoms with Crippen LogP contribution in [-0.4, -0.2) is 26.0 Å². The van der Waals surface area contributed by atoms with Gasteiger partial charge in [-0.05, 0) is 71.1 Å². The van der Waals surface area contributed by atoms with Crippen LogP contribution in [-0.2, 0) is 9.84 Å². The number of halogens is 3. The Kier molecular flexibility index (Phi) is 7.74. The van der Waals surface area contributed by atoms with E-state index in [-0.39, 0.29) is 40.1 Å². The molecule has 0 atom stereocenters. The van der Waals surface area contributed by atoms with E-state index in [4.69, 9.17) is 10.5 Å². The number of anilines is 3. The van der Waals surface area contributed by atoms with E-state index in [1.54, 1.807) is 25.1 Å². The summed E-state index contributed by atoms with van der Waals surface area (Å²) in [5, 5.41) is 5.48. The number of benzene rings is 3. The fraction of sp³-hybridized carbons (Fsp3) is 0.136. The lowest BCUT2D eigenvalue weighted by molar-refractivity contribution is 0.0999. The fourth-order valence-electron chi connectivity index (χ4n) is 2.81. The molecule has 0 spiro atoms. The molecule has 0 heterocycles. The van der Waals surface area contributed by atoms with Crippen LogP contribution in [0.5, 0.6) is 11.5 Å². The first kappa shape index (κ1) is 24.7. The van der Waals surface area contributed by atoms with Crippen molar-refractivity contribution in [3.05, 3.63) is 75.4 Å². The molecule has 3 aromatic carbocycles. The Morgan fingerprint density at radius 3 is 2.36 bits per heavy atom. The molecule has 3 aromatic rings. The zero-order valence-electron chi connectivity index (χ0n) is 17.4. The smallest absolute Gasteiger partial charge is 0.254 e. The zero-order valence-corrected chi connectivity index (χ0v) is 20.3. The van der Waals surface area contributed by atoms with Gasteiger partial charge in [0.25, 0.3) is 5.91 Å². The Labute approximate surface area is 203 Å². The maximum Gasteiger partial charge on any atom is 0.254 e. The second-order valence-electron chi connectivity index (χ2n) is 6.92. The first-order valence-electron chi connectivity index (χ1n) is 9.65. The molecule has 1 amide bonds. The van der Waals surface area contributed by atoms with Crippen molar-refractivity contribution in [3.63, 3.8) is 0 Å². The van der Waals surface area contributed by atoms with Crippen LogP contribution in [0.2, 0.25) is 0 Å². The van der Waals surface area contributed by atoms with Gasteiger partial charge in [0.05, 0.1) is 11.4 Å². The lowest BCUT2D eigenvalue weighted by Crippen LogP contribution is -2.16. The van der Waals surface area contributed by atoms with Crippen LogP contribution in [0, 0.1) is 15.2 Å². The first-order chi connectivity index (χ1) is 15.6. The number of sulfone groups is 1. The molecule has 7 nitrogen and oxygen atoms in total. The molecule has 3 rings (SSSR count). The predicted octanol–water partition coefficient (Wildman–Crippen LogP) is 5.01. The number of amides is 1. The molecule has 0 radical (unpaired) electrons. The minimum absolute atomic E-state index is 0.0130. The summed E-state index contributed by atoms with van der Waals surface area (Å²) in [5.41, 5.74) is 5.86. The number of carbonyl (C=O) groups excluding carboxylic acids is 1. The Bertz CT molecular complexity index is 1290. The van der Waals surface area contributed by atoms with Gasteiger partial charge in [-0.3, -0.25) is 4.79 Å². The summed E-state index contributed by atoms with van der Waals surface area (Å²) in [5.74, 6) is -2.34. The van der Waals surface area contributed by atoms with Gasteiger partial charge in [-0.15, -0.1) is 0 Å². The maximum atomic E-state index is 14.3. The highest BCUT2D eigenvalue weighted by Gasteiger charge is 2.19. The largest absolute Gasteiger partial charge is 0.456 e. The van der Waals surface area contributed by atoms with Gasteiger partial charge in [0.2, 0.25) is 0 Å². The molecule has 0 aliphatic heterocycles. The quantitative estimate of drug-likeness (QED) is 0.304. The van der Waals surface area contributed by atoms with Crippen molar-refractivity contribution < 1.29 is 26.7 Å². The van der Waals surface area contributed by atoms with E-state index in [1.165, 1.54) is 24.3 Å². The Balaban J connectivity index is 1.88. The van der Waals surface area contributed by atoms with Crippen LogP contribution in [0.3, 0.4) is 0 Å². The van der Waals surface area contributed by atoms with Crippen molar-refractivity contribution in [2.45, 2.75) is 6.92 Å².